The molecule has 8 N–H and O–H groups in total. The van der Waals surface area contributed by atoms with Crippen molar-refractivity contribution >= 4 is 0 Å². The van der Waals surface area contributed by atoms with Crippen LogP contribution in [0, 0.1) is 5.92 Å². The second-order valence-electron chi connectivity index (χ2n) is 8.24. The normalized spacial score (nSPS) is 39.3. The third kappa shape index (κ3) is 5.41. The summed E-state index contributed by atoms with van der Waals surface area (Å²) in [6.07, 6.45) is -12.6. The minimum atomic E-state index is -1.63. The molecule has 188 valence electrons. The molecule has 1 saturated carbocycles. The topological polar surface area (TPSA) is 199 Å². The summed E-state index contributed by atoms with van der Waals surface area (Å²) in [5, 5.41) is 80.0. The van der Waals surface area contributed by atoms with Gasteiger partial charge >= 0.3 is 0 Å². The average Bonchev–Trinajstić information content (AvgIpc) is 2.82. The Kier molecular flexibility index (Phi) is 8.86. The Morgan fingerprint density at radius 3 is 2.24 bits per heavy atom. The monoisotopic (exact) mass is 476 g/mol. The van der Waals surface area contributed by atoms with Gasteiger partial charge in [-0.1, -0.05) is 6.07 Å². The van der Waals surface area contributed by atoms with Crippen molar-refractivity contribution in [2.45, 2.75) is 68.1 Å². The quantitative estimate of drug-likeness (QED) is 0.188. The van der Waals surface area contributed by atoms with Crippen molar-refractivity contribution in [2.24, 2.45) is 5.92 Å². The molecule has 2 fully saturated rings. The Labute approximate surface area is 190 Å². The van der Waals surface area contributed by atoms with Crippen molar-refractivity contribution in [3.63, 3.8) is 0 Å². The molecular formula is C21H32O12. The maximum atomic E-state index is 10.7. The third-order valence-electron chi connectivity index (χ3n) is 6.15. The van der Waals surface area contributed by atoms with E-state index in [9.17, 15) is 40.9 Å². The molecule has 1 aromatic rings. The lowest BCUT2D eigenvalue weighted by atomic mass is 9.80. The molecule has 2 aliphatic rings. The first kappa shape index (κ1) is 26.0. The van der Waals surface area contributed by atoms with Gasteiger partial charge in [-0.15, -0.1) is 0 Å². The SMILES string of the molecule is COc1cc(CO)ccc1OC1OC(CO)C(OC2CC(O)C(O)C(O)C2CO)C(O)C1O. The molecule has 1 aliphatic heterocycles. The Hall–Kier alpha value is -1.58. The van der Waals surface area contributed by atoms with E-state index in [2.05, 4.69) is 0 Å². The van der Waals surface area contributed by atoms with Gasteiger partial charge in [0.25, 0.3) is 0 Å². The first-order valence-electron chi connectivity index (χ1n) is 10.6. The lowest BCUT2D eigenvalue weighted by Crippen LogP contribution is -2.63. The van der Waals surface area contributed by atoms with Gasteiger partial charge in [0.05, 0.1) is 45.2 Å². The van der Waals surface area contributed by atoms with Gasteiger partial charge in [-0.2, -0.15) is 0 Å². The van der Waals surface area contributed by atoms with E-state index in [4.69, 9.17) is 18.9 Å². The number of methoxy groups -OCH3 is 1. The molecule has 0 spiro atoms. The number of ether oxygens (including phenoxy) is 4. The smallest absolute Gasteiger partial charge is 0.229 e. The fourth-order valence-corrected chi connectivity index (χ4v) is 4.19. The predicted molar refractivity (Wildman–Crippen MR) is 109 cm³/mol. The molecule has 12 heteroatoms. The molecule has 1 saturated heterocycles. The summed E-state index contributed by atoms with van der Waals surface area (Å²) >= 11 is 0. The Balaban J connectivity index is 1.75. The maximum Gasteiger partial charge on any atom is 0.229 e. The van der Waals surface area contributed by atoms with Crippen LogP contribution in [0.5, 0.6) is 11.5 Å². The fraction of sp³-hybridized carbons (Fsp3) is 0.714. The molecule has 10 atom stereocenters. The first-order chi connectivity index (χ1) is 15.7. The van der Waals surface area contributed by atoms with E-state index >= 15 is 0 Å². The number of aliphatic hydroxyl groups excluding tert-OH is 8. The molecule has 10 unspecified atom stereocenters. The van der Waals surface area contributed by atoms with Gasteiger partial charge in [0.1, 0.15) is 30.5 Å². The molecule has 1 aliphatic carbocycles. The van der Waals surface area contributed by atoms with E-state index in [0.717, 1.165) is 0 Å². The molecule has 0 aromatic heterocycles. The molecule has 0 radical (unpaired) electrons. The molecule has 0 bridgehead atoms. The van der Waals surface area contributed by atoms with Crippen LogP contribution in [0.3, 0.4) is 0 Å². The Morgan fingerprint density at radius 2 is 1.64 bits per heavy atom. The van der Waals surface area contributed by atoms with E-state index in [0.29, 0.717) is 5.56 Å². The fourth-order valence-electron chi connectivity index (χ4n) is 4.19. The highest BCUT2D eigenvalue weighted by atomic mass is 16.7. The zero-order valence-corrected chi connectivity index (χ0v) is 18.0. The van der Waals surface area contributed by atoms with Crippen LogP contribution >= 0.6 is 0 Å². The van der Waals surface area contributed by atoms with E-state index < -0.39 is 74.3 Å². The van der Waals surface area contributed by atoms with E-state index in [1.165, 1.54) is 19.2 Å². The number of hydrogen-bond donors (Lipinski definition) is 8. The second-order valence-corrected chi connectivity index (χ2v) is 8.24. The van der Waals surface area contributed by atoms with Gasteiger partial charge in [0, 0.05) is 12.3 Å². The van der Waals surface area contributed by atoms with Crippen LogP contribution in [0.25, 0.3) is 0 Å². The summed E-state index contributed by atoms with van der Waals surface area (Å²) in [5.74, 6) is -0.564. The summed E-state index contributed by atoms with van der Waals surface area (Å²) in [6, 6.07) is 4.59. The van der Waals surface area contributed by atoms with Crippen LogP contribution in [-0.4, -0.2) is 116 Å². The first-order valence-corrected chi connectivity index (χ1v) is 10.6. The highest BCUT2D eigenvalue weighted by Crippen LogP contribution is 2.35. The van der Waals surface area contributed by atoms with Crippen molar-refractivity contribution in [2.75, 3.05) is 20.3 Å². The van der Waals surface area contributed by atoms with Crippen molar-refractivity contribution in [3.05, 3.63) is 23.8 Å². The lowest BCUT2D eigenvalue weighted by Gasteiger charge is -2.46. The summed E-state index contributed by atoms with van der Waals surface area (Å²) in [7, 11) is 1.39. The van der Waals surface area contributed by atoms with Gasteiger partial charge in [-0.25, -0.2) is 0 Å². The summed E-state index contributed by atoms with van der Waals surface area (Å²) in [6.45, 7) is -1.42. The maximum absolute atomic E-state index is 10.7. The molecule has 33 heavy (non-hydrogen) atoms. The second kappa shape index (κ2) is 11.2. The summed E-state index contributed by atoms with van der Waals surface area (Å²) < 4.78 is 22.3. The van der Waals surface area contributed by atoms with Crippen LogP contribution in [0.2, 0.25) is 0 Å². The molecule has 1 aromatic carbocycles. The van der Waals surface area contributed by atoms with Crippen LogP contribution in [0.1, 0.15) is 12.0 Å². The minimum Gasteiger partial charge on any atom is -0.493 e. The van der Waals surface area contributed by atoms with Gasteiger partial charge in [-0.05, 0) is 17.7 Å². The minimum absolute atomic E-state index is 0.157. The molecule has 0 amide bonds. The Bertz CT molecular complexity index is 761. The van der Waals surface area contributed by atoms with Crippen LogP contribution < -0.4 is 9.47 Å². The van der Waals surface area contributed by atoms with Crippen molar-refractivity contribution < 1.29 is 59.8 Å². The van der Waals surface area contributed by atoms with Crippen LogP contribution in [0.4, 0.5) is 0 Å². The number of rotatable bonds is 8. The van der Waals surface area contributed by atoms with Gasteiger partial charge < -0.3 is 59.8 Å². The van der Waals surface area contributed by atoms with Crippen molar-refractivity contribution in [1.82, 2.24) is 0 Å². The predicted octanol–water partition coefficient (Wildman–Crippen LogP) is -3.15. The molecule has 1 heterocycles. The number of aliphatic hydroxyl groups is 8. The standard InChI is InChI=1S/C21H32O12/c1-30-14-4-9(6-22)2-3-12(14)32-21-19(29)18(28)20(15(8-24)33-21)31-13-5-11(25)17(27)16(26)10(13)7-23/h2-4,10-11,13,15-29H,5-8H2,1H3. The van der Waals surface area contributed by atoms with E-state index in [1.54, 1.807) is 6.07 Å². The highest BCUT2D eigenvalue weighted by Gasteiger charge is 2.50. The largest absolute Gasteiger partial charge is 0.493 e. The molecular weight excluding hydrogens is 444 g/mol. The zero-order chi connectivity index (χ0) is 24.3. The summed E-state index contributed by atoms with van der Waals surface area (Å²) in [5.41, 5.74) is 0.562. The molecule has 12 nitrogen and oxygen atoms in total. The number of hydrogen-bond acceptors (Lipinski definition) is 12. The zero-order valence-electron chi connectivity index (χ0n) is 18.0. The highest BCUT2D eigenvalue weighted by molar-refractivity contribution is 5.43. The summed E-state index contributed by atoms with van der Waals surface area (Å²) in [4.78, 5) is 0. The lowest BCUT2D eigenvalue weighted by molar-refractivity contribution is -0.302. The average molecular weight is 476 g/mol. The van der Waals surface area contributed by atoms with Crippen LogP contribution in [-0.2, 0) is 16.1 Å². The van der Waals surface area contributed by atoms with E-state index in [-0.39, 0.29) is 24.5 Å². The van der Waals surface area contributed by atoms with Gasteiger partial charge in [0.2, 0.25) is 6.29 Å². The van der Waals surface area contributed by atoms with Crippen LogP contribution in [0.15, 0.2) is 18.2 Å². The van der Waals surface area contributed by atoms with Gasteiger partial charge in [-0.3, -0.25) is 0 Å². The van der Waals surface area contributed by atoms with Crippen molar-refractivity contribution in [1.29, 1.82) is 0 Å². The van der Waals surface area contributed by atoms with Crippen molar-refractivity contribution in [3.8, 4) is 11.5 Å². The van der Waals surface area contributed by atoms with E-state index in [1.807, 2.05) is 0 Å². The molecule has 3 rings (SSSR count). The number of benzene rings is 1. The third-order valence-corrected chi connectivity index (χ3v) is 6.15. The Morgan fingerprint density at radius 1 is 0.909 bits per heavy atom. The van der Waals surface area contributed by atoms with Gasteiger partial charge in [0.15, 0.2) is 11.5 Å².